The Labute approximate surface area is 110 Å². The van der Waals surface area contributed by atoms with Gasteiger partial charge in [-0.2, -0.15) is 5.10 Å². The summed E-state index contributed by atoms with van der Waals surface area (Å²) in [5.74, 6) is 1.59. The molecule has 2 atom stereocenters. The normalized spacial score (nSPS) is 24.0. The van der Waals surface area contributed by atoms with Gasteiger partial charge in [-0.3, -0.25) is 4.68 Å². The van der Waals surface area contributed by atoms with Gasteiger partial charge in [0, 0.05) is 18.9 Å². The minimum atomic E-state index is 0.759. The lowest BCUT2D eigenvalue weighted by Crippen LogP contribution is -2.27. The Morgan fingerprint density at radius 3 is 3.11 bits per heavy atom. The van der Waals surface area contributed by atoms with Crippen molar-refractivity contribution < 1.29 is 0 Å². The minimum absolute atomic E-state index is 0.759. The number of allylic oxidation sites excluding steroid dienone is 2. The highest BCUT2D eigenvalue weighted by Gasteiger charge is 2.17. The minimum Gasteiger partial charge on any atom is -0.316 e. The second-order valence-electron chi connectivity index (χ2n) is 5.62. The van der Waals surface area contributed by atoms with Gasteiger partial charge in [0.1, 0.15) is 0 Å². The van der Waals surface area contributed by atoms with Gasteiger partial charge >= 0.3 is 0 Å². The van der Waals surface area contributed by atoms with E-state index in [1.54, 1.807) is 5.57 Å². The van der Waals surface area contributed by atoms with Crippen molar-refractivity contribution in [2.75, 3.05) is 13.1 Å². The third-order valence-corrected chi connectivity index (χ3v) is 3.62. The molecule has 1 aromatic rings. The molecule has 0 aromatic carbocycles. The smallest absolute Gasteiger partial charge is 0.0489 e. The summed E-state index contributed by atoms with van der Waals surface area (Å²) in [4.78, 5) is 0. The molecular formula is C15H25N3. The van der Waals surface area contributed by atoms with Crippen LogP contribution in [-0.4, -0.2) is 22.9 Å². The van der Waals surface area contributed by atoms with Gasteiger partial charge in [-0.1, -0.05) is 18.6 Å². The molecule has 1 aromatic heterocycles. The lowest BCUT2D eigenvalue weighted by molar-refractivity contribution is 0.378. The van der Waals surface area contributed by atoms with Crippen molar-refractivity contribution in [1.82, 2.24) is 15.1 Å². The monoisotopic (exact) mass is 247 g/mol. The molecule has 0 saturated carbocycles. The quantitative estimate of drug-likeness (QED) is 0.619. The number of hydrogen-bond donors (Lipinski definition) is 1. The lowest BCUT2D eigenvalue weighted by Gasteiger charge is -2.25. The standard InChI is InChI=1S/C15H25N3/c1-13-9-14(2)11-15(10-13)12-16-5-3-7-18-8-4-6-17-18/h4,6,8-9,13,15-16H,3,5,7,10-12H2,1-2H3. The van der Waals surface area contributed by atoms with E-state index in [2.05, 4.69) is 30.3 Å². The maximum atomic E-state index is 4.21. The van der Waals surface area contributed by atoms with Gasteiger partial charge in [0.25, 0.3) is 0 Å². The Bertz CT molecular complexity index is 367. The molecule has 1 aliphatic carbocycles. The summed E-state index contributed by atoms with van der Waals surface area (Å²) in [7, 11) is 0. The van der Waals surface area contributed by atoms with Crippen LogP contribution in [0.25, 0.3) is 0 Å². The fraction of sp³-hybridized carbons (Fsp3) is 0.667. The Hall–Kier alpha value is -1.09. The van der Waals surface area contributed by atoms with Gasteiger partial charge in [-0.05, 0) is 57.2 Å². The van der Waals surface area contributed by atoms with Crippen LogP contribution >= 0.6 is 0 Å². The first-order chi connectivity index (χ1) is 8.74. The van der Waals surface area contributed by atoms with Crippen molar-refractivity contribution in [3.63, 3.8) is 0 Å². The highest BCUT2D eigenvalue weighted by atomic mass is 15.3. The SMILES string of the molecule is CC1=CC(C)CC(CNCCCn2cccn2)C1. The van der Waals surface area contributed by atoms with Gasteiger partial charge in [0.05, 0.1) is 0 Å². The highest BCUT2D eigenvalue weighted by Crippen LogP contribution is 2.27. The van der Waals surface area contributed by atoms with Crippen LogP contribution < -0.4 is 5.32 Å². The molecule has 0 saturated heterocycles. The summed E-state index contributed by atoms with van der Waals surface area (Å²) in [5.41, 5.74) is 1.57. The molecule has 2 unspecified atom stereocenters. The van der Waals surface area contributed by atoms with Crippen LogP contribution in [0.1, 0.15) is 33.1 Å². The zero-order chi connectivity index (χ0) is 12.8. The average molecular weight is 247 g/mol. The number of nitrogens with zero attached hydrogens (tertiary/aromatic N) is 2. The molecule has 0 aliphatic heterocycles. The number of rotatable bonds is 6. The molecule has 3 nitrogen and oxygen atoms in total. The second-order valence-corrected chi connectivity index (χ2v) is 5.62. The first-order valence-corrected chi connectivity index (χ1v) is 7.09. The topological polar surface area (TPSA) is 29.9 Å². The summed E-state index contributed by atoms with van der Waals surface area (Å²) >= 11 is 0. The van der Waals surface area contributed by atoms with Crippen molar-refractivity contribution >= 4 is 0 Å². The van der Waals surface area contributed by atoms with Crippen LogP contribution in [0.2, 0.25) is 0 Å². The zero-order valence-electron chi connectivity index (χ0n) is 11.6. The summed E-state index contributed by atoms with van der Waals surface area (Å²) in [6.45, 7) is 7.86. The van der Waals surface area contributed by atoms with Gasteiger partial charge < -0.3 is 5.32 Å². The third-order valence-electron chi connectivity index (χ3n) is 3.62. The maximum absolute atomic E-state index is 4.21. The molecule has 0 spiro atoms. The Morgan fingerprint density at radius 2 is 2.39 bits per heavy atom. The fourth-order valence-corrected chi connectivity index (χ4v) is 2.95. The van der Waals surface area contributed by atoms with Crippen molar-refractivity contribution in [1.29, 1.82) is 0 Å². The molecule has 0 radical (unpaired) electrons. The first-order valence-electron chi connectivity index (χ1n) is 7.09. The van der Waals surface area contributed by atoms with Crippen LogP contribution in [-0.2, 0) is 6.54 Å². The molecule has 1 N–H and O–H groups in total. The number of hydrogen-bond acceptors (Lipinski definition) is 2. The molecular weight excluding hydrogens is 222 g/mol. The summed E-state index contributed by atoms with van der Waals surface area (Å²) in [5, 5.41) is 7.80. The van der Waals surface area contributed by atoms with E-state index in [0.29, 0.717) is 0 Å². The van der Waals surface area contributed by atoms with Crippen LogP contribution in [0.4, 0.5) is 0 Å². The molecule has 1 aliphatic rings. The molecule has 3 heteroatoms. The predicted molar refractivity (Wildman–Crippen MR) is 75.4 cm³/mol. The molecule has 2 rings (SSSR count). The number of aryl methyl sites for hydroxylation is 1. The van der Waals surface area contributed by atoms with Crippen molar-refractivity contribution in [3.05, 3.63) is 30.1 Å². The number of aromatic nitrogens is 2. The van der Waals surface area contributed by atoms with Crippen molar-refractivity contribution in [2.24, 2.45) is 11.8 Å². The molecule has 1 heterocycles. The largest absolute Gasteiger partial charge is 0.316 e. The van der Waals surface area contributed by atoms with Crippen molar-refractivity contribution in [3.8, 4) is 0 Å². The van der Waals surface area contributed by atoms with E-state index < -0.39 is 0 Å². The van der Waals surface area contributed by atoms with Crippen LogP contribution in [0.3, 0.4) is 0 Å². The molecule has 18 heavy (non-hydrogen) atoms. The molecule has 0 bridgehead atoms. The van der Waals surface area contributed by atoms with Crippen LogP contribution in [0, 0.1) is 11.8 Å². The average Bonchev–Trinajstić information content (AvgIpc) is 2.80. The predicted octanol–water partition coefficient (Wildman–Crippen LogP) is 2.86. The second kappa shape index (κ2) is 6.74. The van der Waals surface area contributed by atoms with E-state index in [1.807, 2.05) is 23.1 Å². The summed E-state index contributed by atoms with van der Waals surface area (Å²) in [6, 6.07) is 1.98. The maximum Gasteiger partial charge on any atom is 0.0489 e. The van der Waals surface area contributed by atoms with Gasteiger partial charge in [0.2, 0.25) is 0 Å². The highest BCUT2D eigenvalue weighted by molar-refractivity contribution is 5.06. The van der Waals surface area contributed by atoms with E-state index in [0.717, 1.165) is 37.9 Å². The van der Waals surface area contributed by atoms with E-state index in [9.17, 15) is 0 Å². The molecule has 0 fully saturated rings. The Balaban J connectivity index is 1.57. The van der Waals surface area contributed by atoms with Gasteiger partial charge in [0.15, 0.2) is 0 Å². The third kappa shape index (κ3) is 4.30. The molecule has 100 valence electrons. The summed E-state index contributed by atoms with van der Waals surface area (Å²) < 4.78 is 2.00. The molecule has 0 amide bonds. The van der Waals surface area contributed by atoms with Crippen molar-refractivity contribution in [2.45, 2.75) is 39.7 Å². The summed E-state index contributed by atoms with van der Waals surface area (Å²) in [6.07, 6.45) is 10.1. The van der Waals surface area contributed by atoms with E-state index in [-0.39, 0.29) is 0 Å². The first kappa shape index (κ1) is 13.3. The lowest BCUT2D eigenvalue weighted by atomic mass is 9.84. The zero-order valence-corrected chi connectivity index (χ0v) is 11.6. The fourth-order valence-electron chi connectivity index (χ4n) is 2.95. The van der Waals surface area contributed by atoms with E-state index in [1.165, 1.54) is 12.8 Å². The van der Waals surface area contributed by atoms with E-state index >= 15 is 0 Å². The van der Waals surface area contributed by atoms with Gasteiger partial charge in [-0.25, -0.2) is 0 Å². The van der Waals surface area contributed by atoms with Crippen LogP contribution in [0.5, 0.6) is 0 Å². The van der Waals surface area contributed by atoms with Crippen LogP contribution in [0.15, 0.2) is 30.1 Å². The Kier molecular flexibility index (Phi) is 5.00. The Morgan fingerprint density at radius 1 is 1.50 bits per heavy atom. The van der Waals surface area contributed by atoms with E-state index in [4.69, 9.17) is 0 Å². The number of nitrogens with one attached hydrogen (secondary N) is 1. The van der Waals surface area contributed by atoms with Gasteiger partial charge in [-0.15, -0.1) is 0 Å².